The number of rotatable bonds is 2. The number of anilines is 2. The number of nitrogens with zero attached hydrogens (tertiary/aromatic N) is 4. The average Bonchev–Trinajstić information content (AvgIpc) is 2.73. The number of nitrogen functional groups attached to an aromatic ring is 2. The van der Waals surface area contributed by atoms with Crippen molar-refractivity contribution >= 4 is 22.7 Å². The average molecular weight is 278 g/mol. The Kier molecular flexibility index (Phi) is 2.95. The molecule has 6 heteroatoms. The van der Waals surface area contributed by atoms with E-state index >= 15 is 0 Å². The standard InChI is InChI=1S/C15H14N6/c1-9-3-2-4-10(5-9)7-21-14(18)11(6-16)12-13(17)19-8-20-15(12)21/h2-5,8H,7,18H2,1H3,(H2,17,19,20). The van der Waals surface area contributed by atoms with Crippen LogP contribution in [0.5, 0.6) is 0 Å². The lowest BCUT2D eigenvalue weighted by atomic mass is 10.1. The van der Waals surface area contributed by atoms with E-state index in [1.54, 1.807) is 4.57 Å². The third-order valence-corrected chi connectivity index (χ3v) is 3.44. The Hall–Kier alpha value is -3.07. The first-order chi connectivity index (χ1) is 10.1. The van der Waals surface area contributed by atoms with Crippen molar-refractivity contribution in [2.45, 2.75) is 13.5 Å². The molecular weight excluding hydrogens is 264 g/mol. The lowest BCUT2D eigenvalue weighted by molar-refractivity contribution is 0.833. The van der Waals surface area contributed by atoms with Gasteiger partial charge in [0.05, 0.1) is 11.9 Å². The molecule has 1 aromatic carbocycles. The van der Waals surface area contributed by atoms with Crippen LogP contribution in [0, 0.1) is 18.3 Å². The first kappa shape index (κ1) is 12.9. The van der Waals surface area contributed by atoms with Gasteiger partial charge in [-0.2, -0.15) is 5.26 Å². The van der Waals surface area contributed by atoms with E-state index in [2.05, 4.69) is 22.1 Å². The SMILES string of the molecule is Cc1cccc(Cn2c(N)c(C#N)c3c(N)ncnc32)c1. The van der Waals surface area contributed by atoms with Crippen molar-refractivity contribution in [1.29, 1.82) is 5.26 Å². The van der Waals surface area contributed by atoms with Crippen LogP contribution in [0.25, 0.3) is 11.0 Å². The normalized spacial score (nSPS) is 10.7. The van der Waals surface area contributed by atoms with Crippen LogP contribution >= 0.6 is 0 Å². The Bertz CT molecular complexity index is 872. The van der Waals surface area contributed by atoms with Gasteiger partial charge in [0.25, 0.3) is 0 Å². The second-order valence-corrected chi connectivity index (χ2v) is 4.90. The predicted molar refractivity (Wildman–Crippen MR) is 81.3 cm³/mol. The summed E-state index contributed by atoms with van der Waals surface area (Å²) in [5.74, 6) is 0.632. The maximum Gasteiger partial charge on any atom is 0.148 e. The van der Waals surface area contributed by atoms with Crippen molar-refractivity contribution in [2.75, 3.05) is 11.5 Å². The van der Waals surface area contributed by atoms with Crippen molar-refractivity contribution in [1.82, 2.24) is 14.5 Å². The van der Waals surface area contributed by atoms with Gasteiger partial charge in [-0.3, -0.25) is 0 Å². The number of hydrogen-bond acceptors (Lipinski definition) is 5. The van der Waals surface area contributed by atoms with E-state index in [0.29, 0.717) is 29.0 Å². The highest BCUT2D eigenvalue weighted by Gasteiger charge is 2.18. The van der Waals surface area contributed by atoms with E-state index in [9.17, 15) is 5.26 Å². The van der Waals surface area contributed by atoms with E-state index in [4.69, 9.17) is 11.5 Å². The first-order valence-electron chi connectivity index (χ1n) is 6.45. The van der Waals surface area contributed by atoms with Gasteiger partial charge in [0.1, 0.15) is 35.2 Å². The number of hydrogen-bond donors (Lipinski definition) is 2. The third-order valence-electron chi connectivity index (χ3n) is 3.44. The molecule has 21 heavy (non-hydrogen) atoms. The van der Waals surface area contributed by atoms with Crippen LogP contribution in [0.1, 0.15) is 16.7 Å². The molecule has 0 radical (unpaired) electrons. The fourth-order valence-corrected chi connectivity index (χ4v) is 2.48. The molecule has 3 rings (SSSR count). The lowest BCUT2D eigenvalue weighted by Gasteiger charge is -2.08. The molecule has 2 heterocycles. The molecule has 0 aliphatic carbocycles. The van der Waals surface area contributed by atoms with Crippen LogP contribution in [0.4, 0.5) is 11.6 Å². The molecule has 0 saturated carbocycles. The third kappa shape index (κ3) is 2.05. The summed E-state index contributed by atoms with van der Waals surface area (Å²) >= 11 is 0. The first-order valence-corrected chi connectivity index (χ1v) is 6.45. The predicted octanol–water partition coefficient (Wildman–Crippen LogP) is 1.82. The summed E-state index contributed by atoms with van der Waals surface area (Å²) in [7, 11) is 0. The van der Waals surface area contributed by atoms with Crippen molar-refractivity contribution in [3.05, 3.63) is 47.3 Å². The Balaban J connectivity index is 2.22. The Morgan fingerprint density at radius 1 is 1.29 bits per heavy atom. The van der Waals surface area contributed by atoms with Crippen LogP contribution in [0.15, 0.2) is 30.6 Å². The summed E-state index contributed by atoms with van der Waals surface area (Å²) in [6.45, 7) is 2.56. The molecule has 0 atom stereocenters. The van der Waals surface area contributed by atoms with Crippen molar-refractivity contribution in [2.24, 2.45) is 0 Å². The number of nitriles is 1. The molecule has 0 fully saturated rings. The summed E-state index contributed by atoms with van der Waals surface area (Å²) in [5, 5.41) is 9.83. The molecule has 0 amide bonds. The summed E-state index contributed by atoms with van der Waals surface area (Å²) in [4.78, 5) is 8.17. The van der Waals surface area contributed by atoms with E-state index in [1.807, 2.05) is 25.1 Å². The minimum Gasteiger partial charge on any atom is -0.384 e. The molecule has 0 spiro atoms. The maximum atomic E-state index is 9.31. The zero-order valence-electron chi connectivity index (χ0n) is 11.5. The fourth-order valence-electron chi connectivity index (χ4n) is 2.48. The van der Waals surface area contributed by atoms with Crippen molar-refractivity contribution in [3.63, 3.8) is 0 Å². The summed E-state index contributed by atoms with van der Waals surface area (Å²) in [6.07, 6.45) is 1.38. The molecule has 0 aliphatic rings. The molecular formula is C15H14N6. The van der Waals surface area contributed by atoms with Gasteiger partial charge >= 0.3 is 0 Å². The van der Waals surface area contributed by atoms with Crippen LogP contribution < -0.4 is 11.5 Å². The smallest absolute Gasteiger partial charge is 0.148 e. The van der Waals surface area contributed by atoms with E-state index in [1.165, 1.54) is 6.33 Å². The van der Waals surface area contributed by atoms with E-state index < -0.39 is 0 Å². The molecule has 4 N–H and O–H groups in total. The zero-order valence-corrected chi connectivity index (χ0v) is 11.5. The number of benzene rings is 1. The van der Waals surface area contributed by atoms with Gasteiger partial charge in [-0.1, -0.05) is 29.8 Å². The van der Waals surface area contributed by atoms with Crippen molar-refractivity contribution in [3.8, 4) is 6.07 Å². The molecule has 104 valence electrons. The van der Waals surface area contributed by atoms with Crippen molar-refractivity contribution < 1.29 is 0 Å². The quantitative estimate of drug-likeness (QED) is 0.743. The van der Waals surface area contributed by atoms with Crippen LogP contribution in [0.3, 0.4) is 0 Å². The molecule has 0 bridgehead atoms. The molecule has 6 nitrogen and oxygen atoms in total. The molecule has 3 aromatic rings. The number of nitrogens with two attached hydrogens (primary N) is 2. The van der Waals surface area contributed by atoms with E-state index in [-0.39, 0.29) is 5.82 Å². The zero-order chi connectivity index (χ0) is 15.0. The highest BCUT2D eigenvalue weighted by atomic mass is 15.1. The summed E-state index contributed by atoms with van der Waals surface area (Å²) in [5.41, 5.74) is 15.1. The molecule has 0 aliphatic heterocycles. The van der Waals surface area contributed by atoms with Gasteiger partial charge in [0.2, 0.25) is 0 Å². The fraction of sp³-hybridized carbons (Fsp3) is 0.133. The maximum absolute atomic E-state index is 9.31. The number of aromatic nitrogens is 3. The number of aryl methyl sites for hydroxylation is 1. The Morgan fingerprint density at radius 2 is 2.10 bits per heavy atom. The molecule has 0 saturated heterocycles. The minimum absolute atomic E-state index is 0.270. The minimum atomic E-state index is 0.270. The monoisotopic (exact) mass is 278 g/mol. The van der Waals surface area contributed by atoms with Crippen LogP contribution in [-0.2, 0) is 6.54 Å². The van der Waals surface area contributed by atoms with Crippen LogP contribution in [0.2, 0.25) is 0 Å². The van der Waals surface area contributed by atoms with Gasteiger partial charge in [0, 0.05) is 0 Å². The van der Waals surface area contributed by atoms with Gasteiger partial charge in [0.15, 0.2) is 0 Å². The second-order valence-electron chi connectivity index (χ2n) is 4.90. The van der Waals surface area contributed by atoms with Gasteiger partial charge < -0.3 is 16.0 Å². The summed E-state index contributed by atoms with van der Waals surface area (Å²) in [6, 6.07) is 10.2. The van der Waals surface area contributed by atoms with Gasteiger partial charge in [-0.15, -0.1) is 0 Å². The highest BCUT2D eigenvalue weighted by Crippen LogP contribution is 2.30. The molecule has 2 aromatic heterocycles. The van der Waals surface area contributed by atoms with Gasteiger partial charge in [-0.05, 0) is 12.5 Å². The van der Waals surface area contributed by atoms with Gasteiger partial charge in [-0.25, -0.2) is 9.97 Å². The highest BCUT2D eigenvalue weighted by molar-refractivity contribution is 5.96. The molecule has 0 unspecified atom stereocenters. The Morgan fingerprint density at radius 3 is 2.81 bits per heavy atom. The lowest BCUT2D eigenvalue weighted by Crippen LogP contribution is -2.05. The van der Waals surface area contributed by atoms with Crippen LogP contribution in [-0.4, -0.2) is 14.5 Å². The largest absolute Gasteiger partial charge is 0.384 e. The second kappa shape index (κ2) is 4.80. The van der Waals surface area contributed by atoms with E-state index in [0.717, 1.165) is 11.1 Å². The Labute approximate surface area is 121 Å². The topological polar surface area (TPSA) is 107 Å². The number of fused-ring (bicyclic) bond motifs is 1. The summed E-state index contributed by atoms with van der Waals surface area (Å²) < 4.78 is 1.79.